The molecule has 0 bridgehead atoms. The van der Waals surface area contributed by atoms with Crippen molar-refractivity contribution in [3.05, 3.63) is 35.2 Å². The number of imidazole rings is 2. The van der Waals surface area contributed by atoms with E-state index < -0.39 is 16.1 Å². The van der Waals surface area contributed by atoms with Gasteiger partial charge < -0.3 is 44.3 Å². The predicted molar refractivity (Wildman–Crippen MR) is 148 cm³/mol. The van der Waals surface area contributed by atoms with Crippen LogP contribution in [-0.2, 0) is 9.47 Å². The molecule has 2 aromatic heterocycles. The van der Waals surface area contributed by atoms with E-state index in [1.54, 1.807) is 20.7 Å². The molecule has 2 N–H and O–H groups in total. The van der Waals surface area contributed by atoms with E-state index in [1.807, 2.05) is 52.3 Å². The Bertz CT molecular complexity index is 1150. The highest BCUT2D eigenvalue weighted by molar-refractivity contribution is 5.68. The zero-order valence-corrected chi connectivity index (χ0v) is 24.3. The predicted octanol–water partition coefficient (Wildman–Crippen LogP) is 4.40. The van der Waals surface area contributed by atoms with E-state index in [9.17, 15) is 19.7 Å². The number of nitrogens with two attached hydrogens (primary N) is 1. The summed E-state index contributed by atoms with van der Waals surface area (Å²) in [4.78, 5) is 45.2. The Hall–Kier alpha value is -3.84. The molecule has 2 aliphatic heterocycles. The van der Waals surface area contributed by atoms with Gasteiger partial charge in [0.25, 0.3) is 0 Å². The lowest BCUT2D eigenvalue weighted by atomic mass is 10.1. The molecular formula is C26H42N8O6. The van der Waals surface area contributed by atoms with E-state index in [1.165, 1.54) is 12.5 Å². The number of carbonyl (C=O) groups excluding carboxylic acids is 2. The Balaban J connectivity index is 0.000000222. The molecule has 14 nitrogen and oxygen atoms in total. The van der Waals surface area contributed by atoms with Crippen LogP contribution in [0, 0.1) is 10.1 Å². The number of carbonyl (C=O) groups is 2. The number of hydrogen-bond donors (Lipinski definition) is 1. The number of amides is 2. The number of likely N-dealkylation sites (tertiary alicyclic amines) is 2. The van der Waals surface area contributed by atoms with Gasteiger partial charge in [-0.1, -0.05) is 0 Å². The summed E-state index contributed by atoms with van der Waals surface area (Å²) in [5.74, 6) is 0.388. The Morgan fingerprint density at radius 2 is 1.23 bits per heavy atom. The number of nitro groups is 1. The van der Waals surface area contributed by atoms with Crippen LogP contribution in [0.15, 0.2) is 25.0 Å². The molecule has 2 amide bonds. The Morgan fingerprint density at radius 1 is 0.825 bits per heavy atom. The van der Waals surface area contributed by atoms with Crippen LogP contribution in [0.2, 0.25) is 0 Å². The maximum atomic E-state index is 11.9. The molecule has 0 aliphatic carbocycles. The molecule has 0 unspecified atom stereocenters. The number of hydrogen-bond acceptors (Lipinski definition) is 9. The number of anilines is 1. The van der Waals surface area contributed by atoms with Crippen LogP contribution >= 0.6 is 0 Å². The number of rotatable bonds is 3. The Labute approximate surface area is 234 Å². The summed E-state index contributed by atoms with van der Waals surface area (Å²) in [6, 6.07) is 0.494. The van der Waals surface area contributed by atoms with Crippen molar-refractivity contribution < 1.29 is 24.0 Å². The van der Waals surface area contributed by atoms with E-state index in [4.69, 9.17) is 15.2 Å². The van der Waals surface area contributed by atoms with Gasteiger partial charge in [-0.2, -0.15) is 0 Å². The summed E-state index contributed by atoms with van der Waals surface area (Å²) >= 11 is 0. The summed E-state index contributed by atoms with van der Waals surface area (Å²) < 4.78 is 14.5. The molecule has 222 valence electrons. The van der Waals surface area contributed by atoms with Crippen molar-refractivity contribution in [3.63, 3.8) is 0 Å². The average molecular weight is 563 g/mol. The maximum Gasteiger partial charge on any atom is 0.410 e. The first-order valence-electron chi connectivity index (χ1n) is 13.5. The third-order valence-corrected chi connectivity index (χ3v) is 6.47. The fraction of sp³-hybridized carbons (Fsp3) is 0.692. The fourth-order valence-corrected chi connectivity index (χ4v) is 4.52. The van der Waals surface area contributed by atoms with Crippen LogP contribution in [0.25, 0.3) is 0 Å². The molecule has 40 heavy (non-hydrogen) atoms. The van der Waals surface area contributed by atoms with Crippen LogP contribution in [0.4, 0.5) is 21.2 Å². The molecule has 2 saturated heterocycles. The first-order valence-corrected chi connectivity index (χ1v) is 13.5. The van der Waals surface area contributed by atoms with Crippen molar-refractivity contribution in [1.29, 1.82) is 0 Å². The zero-order chi connectivity index (χ0) is 29.7. The largest absolute Gasteiger partial charge is 0.444 e. The minimum Gasteiger partial charge on any atom is -0.444 e. The van der Waals surface area contributed by atoms with Gasteiger partial charge in [0, 0.05) is 44.5 Å². The van der Waals surface area contributed by atoms with Crippen LogP contribution in [-0.4, -0.2) is 83.4 Å². The summed E-state index contributed by atoms with van der Waals surface area (Å²) in [6.45, 7) is 13.7. The molecule has 4 heterocycles. The van der Waals surface area contributed by atoms with Crippen molar-refractivity contribution in [2.75, 3.05) is 31.9 Å². The first-order chi connectivity index (χ1) is 18.6. The van der Waals surface area contributed by atoms with Crippen molar-refractivity contribution in [2.45, 2.75) is 90.5 Å². The molecule has 0 spiro atoms. The molecule has 2 aromatic rings. The molecule has 0 atom stereocenters. The Kier molecular flexibility index (Phi) is 9.64. The number of ether oxygens (including phenoxy) is 2. The van der Waals surface area contributed by atoms with E-state index in [2.05, 4.69) is 9.97 Å². The van der Waals surface area contributed by atoms with Crippen LogP contribution in [0.3, 0.4) is 0 Å². The van der Waals surface area contributed by atoms with Crippen molar-refractivity contribution in [1.82, 2.24) is 28.9 Å². The van der Waals surface area contributed by atoms with Crippen LogP contribution in [0.1, 0.15) is 79.3 Å². The van der Waals surface area contributed by atoms with E-state index in [0.717, 1.165) is 25.7 Å². The molecule has 0 saturated carbocycles. The monoisotopic (exact) mass is 562 g/mol. The highest BCUT2D eigenvalue weighted by Gasteiger charge is 2.29. The lowest BCUT2D eigenvalue weighted by Crippen LogP contribution is -2.42. The maximum absolute atomic E-state index is 11.9. The molecule has 4 rings (SSSR count). The second-order valence-electron chi connectivity index (χ2n) is 12.1. The normalized spacial score (nSPS) is 17.1. The van der Waals surface area contributed by atoms with Crippen molar-refractivity contribution >= 4 is 23.8 Å². The Morgan fingerprint density at radius 3 is 1.55 bits per heavy atom. The number of nitrogens with zero attached hydrogens (tertiary/aromatic N) is 7. The lowest BCUT2D eigenvalue weighted by molar-refractivity contribution is -0.389. The van der Waals surface area contributed by atoms with Crippen LogP contribution < -0.4 is 5.73 Å². The van der Waals surface area contributed by atoms with Gasteiger partial charge in [0.05, 0.1) is 6.33 Å². The quantitative estimate of drug-likeness (QED) is 0.422. The molecular weight excluding hydrogens is 520 g/mol. The third-order valence-electron chi connectivity index (χ3n) is 6.47. The van der Waals surface area contributed by atoms with Gasteiger partial charge in [-0.25, -0.2) is 14.6 Å². The number of piperidine rings is 2. The lowest BCUT2D eigenvalue weighted by Gasteiger charge is -2.33. The van der Waals surface area contributed by atoms with Crippen molar-refractivity contribution in [3.8, 4) is 0 Å². The number of nitrogen functional groups attached to an aromatic ring is 1. The second kappa shape index (κ2) is 12.6. The smallest absolute Gasteiger partial charge is 0.410 e. The fourth-order valence-electron chi connectivity index (χ4n) is 4.52. The molecule has 14 heteroatoms. The SMILES string of the molecule is CC(C)(C)OC(=O)N1CCC(n2cnc(N)c2)CC1.CC(C)(C)OC(=O)N1CCC(n2cnc([N+](=O)[O-])c2)CC1. The summed E-state index contributed by atoms with van der Waals surface area (Å²) in [5, 5.41) is 10.6. The minimum absolute atomic E-state index is 0.130. The molecule has 0 aromatic carbocycles. The number of aromatic nitrogens is 4. The standard InChI is InChI=1S/C13H20N4O4.C13H22N4O2/c1-13(2,3)21-12(18)15-6-4-10(5-7-15)16-8-11(14-9-16)17(19)20;1-13(2,3)19-12(18)16-6-4-10(5-7-16)17-8-11(14)15-9-17/h8-10H,4-7H2,1-3H3;8-10H,4-7,14H2,1-3H3. The molecule has 0 radical (unpaired) electrons. The van der Waals surface area contributed by atoms with Gasteiger partial charge in [-0.05, 0) is 77.1 Å². The molecule has 2 aliphatic rings. The van der Waals surface area contributed by atoms with Crippen LogP contribution in [0.5, 0.6) is 0 Å². The topological polar surface area (TPSA) is 164 Å². The third kappa shape index (κ3) is 9.12. The highest BCUT2D eigenvalue weighted by atomic mass is 16.6. The highest BCUT2D eigenvalue weighted by Crippen LogP contribution is 2.26. The van der Waals surface area contributed by atoms with Gasteiger partial charge in [-0.3, -0.25) is 0 Å². The van der Waals surface area contributed by atoms with Gasteiger partial charge in [0.1, 0.15) is 23.2 Å². The van der Waals surface area contributed by atoms with Gasteiger partial charge in [0.2, 0.25) is 6.33 Å². The van der Waals surface area contributed by atoms with E-state index in [-0.39, 0.29) is 24.0 Å². The minimum atomic E-state index is -0.508. The van der Waals surface area contributed by atoms with Gasteiger partial charge in [-0.15, -0.1) is 0 Å². The summed E-state index contributed by atoms with van der Waals surface area (Å²) in [6.07, 6.45) is 9.23. The zero-order valence-electron chi connectivity index (χ0n) is 24.3. The van der Waals surface area contributed by atoms with Gasteiger partial charge in [0.15, 0.2) is 0 Å². The summed E-state index contributed by atoms with van der Waals surface area (Å²) in [5.41, 5.74) is 4.67. The second-order valence-corrected chi connectivity index (χ2v) is 12.1. The molecule has 2 fully saturated rings. The first kappa shape index (κ1) is 30.7. The van der Waals surface area contributed by atoms with Gasteiger partial charge >= 0.3 is 18.0 Å². The van der Waals surface area contributed by atoms with E-state index >= 15 is 0 Å². The summed E-state index contributed by atoms with van der Waals surface area (Å²) in [7, 11) is 0. The average Bonchev–Trinajstić information content (AvgIpc) is 3.52. The van der Waals surface area contributed by atoms with Crippen molar-refractivity contribution in [2.24, 2.45) is 0 Å². The van der Waals surface area contributed by atoms with E-state index in [0.29, 0.717) is 38.0 Å².